The average Bonchev–Trinajstić information content (AvgIpc) is 2.15. The van der Waals surface area contributed by atoms with Crippen LogP contribution in [-0.4, -0.2) is 13.2 Å². The molecule has 1 nitrogen and oxygen atoms in total. The zero-order chi connectivity index (χ0) is 7.84. The summed E-state index contributed by atoms with van der Waals surface area (Å²) in [7, 11) is 0. The Balaban J connectivity index is 2.29. The highest BCUT2D eigenvalue weighted by Gasteiger charge is 2.23. The first-order valence-corrected chi connectivity index (χ1v) is 4.79. The van der Waals surface area contributed by atoms with Gasteiger partial charge in [0.15, 0.2) is 0 Å². The molecule has 0 bridgehead atoms. The van der Waals surface area contributed by atoms with E-state index in [1.807, 2.05) is 11.3 Å². The van der Waals surface area contributed by atoms with Gasteiger partial charge in [-0.1, -0.05) is 0 Å². The van der Waals surface area contributed by atoms with Gasteiger partial charge in [0, 0.05) is 10.8 Å². The van der Waals surface area contributed by atoms with E-state index in [4.69, 9.17) is 4.74 Å². The highest BCUT2D eigenvalue weighted by atomic mass is 32.1. The van der Waals surface area contributed by atoms with Crippen LogP contribution in [0.5, 0.6) is 0 Å². The number of aryl methyl sites for hydroxylation is 1. The summed E-state index contributed by atoms with van der Waals surface area (Å²) in [5.74, 6) is 0.694. The van der Waals surface area contributed by atoms with Gasteiger partial charge in [-0.05, 0) is 30.4 Å². The van der Waals surface area contributed by atoms with Gasteiger partial charge < -0.3 is 4.74 Å². The van der Waals surface area contributed by atoms with E-state index in [-0.39, 0.29) is 0 Å². The van der Waals surface area contributed by atoms with Crippen LogP contribution in [0.15, 0.2) is 5.38 Å². The molecule has 1 aliphatic heterocycles. The lowest BCUT2D eigenvalue weighted by molar-refractivity contribution is 0.00834. The van der Waals surface area contributed by atoms with Crippen LogP contribution >= 0.6 is 11.3 Å². The molecule has 0 aromatic carbocycles. The summed E-state index contributed by atoms with van der Waals surface area (Å²) in [4.78, 5) is 1.45. The summed E-state index contributed by atoms with van der Waals surface area (Å²) in [5, 5.41) is 2.28. The molecule has 1 aliphatic rings. The monoisotopic (exact) mass is 168 g/mol. The van der Waals surface area contributed by atoms with Crippen molar-refractivity contribution in [2.24, 2.45) is 0 Å². The topological polar surface area (TPSA) is 9.23 Å². The number of ether oxygens (including phenoxy) is 1. The zero-order valence-corrected chi connectivity index (χ0v) is 7.70. The summed E-state index contributed by atoms with van der Waals surface area (Å²) in [6.07, 6.45) is 0. The van der Waals surface area contributed by atoms with Crippen LogP contribution in [-0.2, 0) is 4.74 Å². The van der Waals surface area contributed by atoms with Crippen molar-refractivity contribution in [2.45, 2.75) is 19.8 Å². The molecule has 2 heterocycles. The van der Waals surface area contributed by atoms with Crippen LogP contribution in [0.4, 0.5) is 0 Å². The van der Waals surface area contributed by atoms with E-state index in [0.29, 0.717) is 5.92 Å². The van der Waals surface area contributed by atoms with Crippen molar-refractivity contribution in [2.75, 3.05) is 13.2 Å². The fraction of sp³-hybridized carbons (Fsp3) is 0.556. The molecule has 2 heteroatoms. The first-order valence-electron chi connectivity index (χ1n) is 3.91. The summed E-state index contributed by atoms with van der Waals surface area (Å²) in [5.41, 5.74) is 2.99. The second kappa shape index (κ2) is 2.61. The first-order chi connectivity index (χ1) is 5.29. The van der Waals surface area contributed by atoms with Crippen LogP contribution in [0.3, 0.4) is 0 Å². The van der Waals surface area contributed by atoms with Crippen LogP contribution in [0.25, 0.3) is 0 Å². The zero-order valence-electron chi connectivity index (χ0n) is 6.89. The summed E-state index contributed by atoms with van der Waals surface area (Å²) in [6.45, 7) is 6.25. The third-order valence-electron chi connectivity index (χ3n) is 2.40. The van der Waals surface area contributed by atoms with Gasteiger partial charge in [0.25, 0.3) is 0 Å². The Morgan fingerprint density at radius 2 is 2.18 bits per heavy atom. The Morgan fingerprint density at radius 3 is 2.55 bits per heavy atom. The van der Waals surface area contributed by atoms with E-state index in [2.05, 4.69) is 19.2 Å². The lowest BCUT2D eigenvalue weighted by Gasteiger charge is -2.26. The Morgan fingerprint density at radius 1 is 1.45 bits per heavy atom. The number of rotatable bonds is 1. The molecule has 0 atom stereocenters. The molecule has 0 saturated carbocycles. The third kappa shape index (κ3) is 1.10. The van der Waals surface area contributed by atoms with Gasteiger partial charge in [-0.2, -0.15) is 0 Å². The second-order valence-corrected chi connectivity index (χ2v) is 4.19. The maximum atomic E-state index is 5.16. The molecule has 11 heavy (non-hydrogen) atoms. The van der Waals surface area contributed by atoms with Crippen LogP contribution < -0.4 is 0 Å². The molecule has 0 aliphatic carbocycles. The van der Waals surface area contributed by atoms with E-state index in [9.17, 15) is 0 Å². The minimum absolute atomic E-state index is 0.694. The molecule has 1 saturated heterocycles. The molecule has 0 radical (unpaired) electrons. The highest BCUT2D eigenvalue weighted by Crippen LogP contribution is 2.31. The van der Waals surface area contributed by atoms with Gasteiger partial charge in [0.05, 0.1) is 13.2 Å². The van der Waals surface area contributed by atoms with Crippen molar-refractivity contribution in [3.63, 3.8) is 0 Å². The summed E-state index contributed by atoms with van der Waals surface area (Å²) >= 11 is 1.85. The maximum absolute atomic E-state index is 5.16. The van der Waals surface area contributed by atoms with Gasteiger partial charge in [0.2, 0.25) is 0 Å². The Bertz CT molecular complexity index is 261. The molecule has 60 valence electrons. The molecule has 1 aromatic heterocycles. The third-order valence-corrected chi connectivity index (χ3v) is 3.43. The first kappa shape index (κ1) is 7.32. The number of thiophene rings is 1. The molecule has 1 aromatic rings. The molecule has 0 unspecified atom stereocenters. The fourth-order valence-electron chi connectivity index (χ4n) is 1.35. The Hall–Kier alpha value is -0.340. The standard InChI is InChI=1S/C9H12OS/c1-6-7(2)11-5-9(6)8-3-10-4-8/h5,8H,3-4H2,1-2H3. The smallest absolute Gasteiger partial charge is 0.0557 e. The summed E-state index contributed by atoms with van der Waals surface area (Å²) in [6, 6.07) is 0. The van der Waals surface area contributed by atoms with Crippen molar-refractivity contribution in [1.29, 1.82) is 0 Å². The lowest BCUT2D eigenvalue weighted by atomic mass is 9.96. The predicted octanol–water partition coefficient (Wildman–Crippen LogP) is 2.48. The normalized spacial score (nSPS) is 18.4. The maximum Gasteiger partial charge on any atom is 0.0557 e. The van der Waals surface area contributed by atoms with Crippen molar-refractivity contribution < 1.29 is 4.74 Å². The minimum Gasteiger partial charge on any atom is -0.380 e. The van der Waals surface area contributed by atoms with Crippen LogP contribution in [0.2, 0.25) is 0 Å². The fourth-order valence-corrected chi connectivity index (χ4v) is 2.32. The van der Waals surface area contributed by atoms with E-state index in [1.54, 1.807) is 0 Å². The van der Waals surface area contributed by atoms with E-state index >= 15 is 0 Å². The average molecular weight is 168 g/mol. The second-order valence-electron chi connectivity index (χ2n) is 3.11. The predicted molar refractivity (Wildman–Crippen MR) is 47.4 cm³/mol. The van der Waals surface area contributed by atoms with Gasteiger partial charge in [-0.15, -0.1) is 11.3 Å². The molecule has 0 N–H and O–H groups in total. The van der Waals surface area contributed by atoms with Crippen molar-refractivity contribution in [3.05, 3.63) is 21.4 Å². The number of hydrogen-bond donors (Lipinski definition) is 0. The van der Waals surface area contributed by atoms with E-state index in [1.165, 1.54) is 16.0 Å². The molecule has 0 amide bonds. The largest absolute Gasteiger partial charge is 0.380 e. The molecule has 1 fully saturated rings. The van der Waals surface area contributed by atoms with Crippen molar-refractivity contribution in [3.8, 4) is 0 Å². The van der Waals surface area contributed by atoms with Crippen LogP contribution in [0, 0.1) is 13.8 Å². The molecule has 2 rings (SSSR count). The Labute approximate surface area is 71.0 Å². The van der Waals surface area contributed by atoms with E-state index in [0.717, 1.165) is 13.2 Å². The molecule has 0 spiro atoms. The molecular formula is C9H12OS. The lowest BCUT2D eigenvalue weighted by Crippen LogP contribution is -2.25. The number of hydrogen-bond acceptors (Lipinski definition) is 2. The quantitative estimate of drug-likeness (QED) is 0.626. The van der Waals surface area contributed by atoms with Gasteiger partial charge in [-0.25, -0.2) is 0 Å². The summed E-state index contributed by atoms with van der Waals surface area (Å²) < 4.78 is 5.16. The SMILES string of the molecule is Cc1scc(C2COC2)c1C. The van der Waals surface area contributed by atoms with E-state index < -0.39 is 0 Å². The van der Waals surface area contributed by atoms with Crippen molar-refractivity contribution in [1.82, 2.24) is 0 Å². The minimum atomic E-state index is 0.694. The Kier molecular flexibility index (Phi) is 1.74. The van der Waals surface area contributed by atoms with Gasteiger partial charge >= 0.3 is 0 Å². The van der Waals surface area contributed by atoms with Crippen LogP contribution in [0.1, 0.15) is 21.9 Å². The highest BCUT2D eigenvalue weighted by molar-refractivity contribution is 7.10. The van der Waals surface area contributed by atoms with Crippen molar-refractivity contribution >= 4 is 11.3 Å². The van der Waals surface area contributed by atoms with Gasteiger partial charge in [0.1, 0.15) is 0 Å². The molecular weight excluding hydrogens is 156 g/mol. The van der Waals surface area contributed by atoms with Gasteiger partial charge in [-0.3, -0.25) is 0 Å².